The van der Waals surface area contributed by atoms with E-state index in [1.54, 1.807) is 0 Å². The van der Waals surface area contributed by atoms with Crippen molar-refractivity contribution in [1.29, 1.82) is 0 Å². The molecule has 0 radical (unpaired) electrons. The van der Waals surface area contributed by atoms with Gasteiger partial charge in [0, 0.05) is 12.0 Å². The predicted molar refractivity (Wildman–Crippen MR) is 114 cm³/mol. The first kappa shape index (κ1) is 20.0. The number of allylic oxidation sites excluding steroid dienone is 1. The molecule has 0 spiro atoms. The third kappa shape index (κ3) is 4.54. The van der Waals surface area contributed by atoms with Crippen LogP contribution in [0.15, 0.2) is 66.2 Å². The SMILES string of the molecule is CCCCC#CC(C1=C(c2ccccc2)OC(=O)C(C)(C)C1)c1ccccc1. The van der Waals surface area contributed by atoms with Gasteiger partial charge in [0.05, 0.1) is 11.3 Å². The Morgan fingerprint density at radius 3 is 2.32 bits per heavy atom. The maximum Gasteiger partial charge on any atom is 0.317 e. The molecule has 144 valence electrons. The molecular weight excluding hydrogens is 344 g/mol. The number of benzene rings is 2. The van der Waals surface area contributed by atoms with Crippen LogP contribution in [0.2, 0.25) is 0 Å². The Labute approximate surface area is 168 Å². The molecule has 0 bridgehead atoms. The molecule has 1 aliphatic heterocycles. The van der Waals surface area contributed by atoms with Crippen LogP contribution >= 0.6 is 0 Å². The molecule has 28 heavy (non-hydrogen) atoms. The lowest BCUT2D eigenvalue weighted by Gasteiger charge is -2.33. The topological polar surface area (TPSA) is 26.3 Å². The highest BCUT2D eigenvalue weighted by Crippen LogP contribution is 2.44. The molecule has 2 heteroatoms. The zero-order valence-corrected chi connectivity index (χ0v) is 17.0. The summed E-state index contributed by atoms with van der Waals surface area (Å²) in [6.45, 7) is 6.07. The molecule has 2 aromatic rings. The van der Waals surface area contributed by atoms with Gasteiger partial charge in [-0.25, -0.2) is 0 Å². The van der Waals surface area contributed by atoms with E-state index in [0.717, 1.165) is 36.0 Å². The van der Waals surface area contributed by atoms with E-state index in [2.05, 4.69) is 30.9 Å². The summed E-state index contributed by atoms with van der Waals surface area (Å²) in [6, 6.07) is 20.2. The summed E-state index contributed by atoms with van der Waals surface area (Å²) in [6.07, 6.45) is 3.75. The largest absolute Gasteiger partial charge is 0.425 e. The lowest BCUT2D eigenvalue weighted by atomic mass is 9.76. The highest BCUT2D eigenvalue weighted by atomic mass is 16.5. The normalized spacial score (nSPS) is 16.8. The second-order valence-corrected chi connectivity index (χ2v) is 7.94. The summed E-state index contributed by atoms with van der Waals surface area (Å²) in [5.74, 6) is 7.27. The Bertz CT molecular complexity index is 896. The van der Waals surface area contributed by atoms with E-state index in [-0.39, 0.29) is 11.9 Å². The van der Waals surface area contributed by atoms with E-state index in [0.29, 0.717) is 12.2 Å². The van der Waals surface area contributed by atoms with Gasteiger partial charge in [0.15, 0.2) is 0 Å². The van der Waals surface area contributed by atoms with Gasteiger partial charge < -0.3 is 4.74 Å². The van der Waals surface area contributed by atoms with Crippen LogP contribution in [0.3, 0.4) is 0 Å². The lowest BCUT2D eigenvalue weighted by molar-refractivity contribution is -0.147. The van der Waals surface area contributed by atoms with Crippen molar-refractivity contribution in [1.82, 2.24) is 0 Å². The molecule has 3 rings (SSSR count). The molecule has 0 aromatic heterocycles. The second kappa shape index (κ2) is 8.93. The van der Waals surface area contributed by atoms with Crippen LogP contribution in [0.5, 0.6) is 0 Å². The van der Waals surface area contributed by atoms with Crippen molar-refractivity contribution in [3.63, 3.8) is 0 Å². The first-order valence-corrected chi connectivity index (χ1v) is 10.1. The van der Waals surface area contributed by atoms with Crippen molar-refractivity contribution < 1.29 is 9.53 Å². The number of cyclic esters (lactones) is 1. The molecule has 1 atom stereocenters. The first-order chi connectivity index (χ1) is 13.5. The van der Waals surface area contributed by atoms with Crippen LogP contribution in [0, 0.1) is 17.3 Å². The molecular formula is C26H28O2. The molecule has 0 N–H and O–H groups in total. The highest BCUT2D eigenvalue weighted by molar-refractivity contribution is 5.87. The van der Waals surface area contributed by atoms with Crippen LogP contribution in [0.25, 0.3) is 5.76 Å². The molecule has 2 nitrogen and oxygen atoms in total. The first-order valence-electron chi connectivity index (χ1n) is 10.1. The van der Waals surface area contributed by atoms with Gasteiger partial charge in [-0.05, 0) is 37.8 Å². The third-order valence-corrected chi connectivity index (χ3v) is 5.09. The van der Waals surface area contributed by atoms with E-state index in [1.807, 2.05) is 62.4 Å². The molecule has 1 unspecified atom stereocenters. The Morgan fingerprint density at radius 2 is 1.68 bits per heavy atom. The van der Waals surface area contributed by atoms with E-state index in [4.69, 9.17) is 4.74 Å². The van der Waals surface area contributed by atoms with Crippen LogP contribution in [0.4, 0.5) is 0 Å². The quantitative estimate of drug-likeness (QED) is 0.347. The van der Waals surface area contributed by atoms with Crippen molar-refractivity contribution in [2.45, 2.75) is 52.4 Å². The average molecular weight is 373 g/mol. The van der Waals surface area contributed by atoms with Gasteiger partial charge in [-0.15, -0.1) is 5.92 Å². The Morgan fingerprint density at radius 1 is 1.04 bits per heavy atom. The van der Waals surface area contributed by atoms with Crippen LogP contribution < -0.4 is 0 Å². The summed E-state index contributed by atoms with van der Waals surface area (Å²) < 4.78 is 5.90. The summed E-state index contributed by atoms with van der Waals surface area (Å²) in [4.78, 5) is 12.6. The van der Waals surface area contributed by atoms with Gasteiger partial charge in [-0.3, -0.25) is 4.79 Å². The van der Waals surface area contributed by atoms with Crippen LogP contribution in [0.1, 0.15) is 63.5 Å². The van der Waals surface area contributed by atoms with Crippen molar-refractivity contribution in [3.8, 4) is 11.8 Å². The summed E-state index contributed by atoms with van der Waals surface area (Å²) in [5, 5.41) is 0. The molecule has 1 heterocycles. The Kier molecular flexibility index (Phi) is 6.37. The summed E-state index contributed by atoms with van der Waals surface area (Å²) in [5.41, 5.74) is 2.60. The van der Waals surface area contributed by atoms with E-state index in [9.17, 15) is 4.79 Å². The average Bonchev–Trinajstić information content (AvgIpc) is 2.71. The highest BCUT2D eigenvalue weighted by Gasteiger charge is 2.40. The molecule has 0 amide bonds. The second-order valence-electron chi connectivity index (χ2n) is 7.94. The van der Waals surface area contributed by atoms with Crippen molar-refractivity contribution in [3.05, 3.63) is 77.4 Å². The Balaban J connectivity index is 2.14. The molecule has 0 fully saturated rings. The fourth-order valence-corrected chi connectivity index (χ4v) is 3.45. The minimum absolute atomic E-state index is 0.0827. The van der Waals surface area contributed by atoms with Gasteiger partial charge in [-0.1, -0.05) is 79.9 Å². The number of hydrogen-bond donors (Lipinski definition) is 0. The van der Waals surface area contributed by atoms with Crippen molar-refractivity contribution >= 4 is 11.7 Å². The van der Waals surface area contributed by atoms with E-state index in [1.165, 1.54) is 0 Å². The Hall–Kier alpha value is -2.79. The maximum atomic E-state index is 12.6. The van der Waals surface area contributed by atoms with E-state index < -0.39 is 5.41 Å². The molecule has 2 aromatic carbocycles. The van der Waals surface area contributed by atoms with Gasteiger partial charge in [0.2, 0.25) is 0 Å². The fourth-order valence-electron chi connectivity index (χ4n) is 3.45. The van der Waals surface area contributed by atoms with Crippen LogP contribution in [-0.4, -0.2) is 5.97 Å². The van der Waals surface area contributed by atoms with Gasteiger partial charge in [-0.2, -0.15) is 0 Å². The standard InChI is InChI=1S/C26H28O2/c1-4-5-6-13-18-22(20-14-9-7-10-15-20)23-19-26(2,3)25(27)28-24(23)21-16-11-8-12-17-21/h7-12,14-17,22H,4-6,19H2,1-3H3. The number of unbranched alkanes of at least 4 members (excludes halogenated alkanes) is 2. The molecule has 0 saturated carbocycles. The smallest absolute Gasteiger partial charge is 0.317 e. The predicted octanol–water partition coefficient (Wildman–Crippen LogP) is 6.35. The number of rotatable bonds is 5. The van der Waals surface area contributed by atoms with Gasteiger partial charge >= 0.3 is 5.97 Å². The fraction of sp³-hybridized carbons (Fsp3) is 0.346. The summed E-state index contributed by atoms with van der Waals surface area (Å²) >= 11 is 0. The van der Waals surface area contributed by atoms with Gasteiger partial charge in [0.1, 0.15) is 5.76 Å². The minimum atomic E-state index is -0.564. The number of carbonyl (C=O) groups is 1. The molecule has 1 aliphatic rings. The maximum absolute atomic E-state index is 12.6. The third-order valence-electron chi connectivity index (χ3n) is 5.09. The number of carbonyl (C=O) groups excluding carboxylic acids is 1. The molecule has 0 saturated heterocycles. The van der Waals surface area contributed by atoms with Crippen molar-refractivity contribution in [2.75, 3.05) is 0 Å². The van der Waals surface area contributed by atoms with E-state index >= 15 is 0 Å². The number of ether oxygens (including phenoxy) is 1. The van der Waals surface area contributed by atoms with Crippen molar-refractivity contribution in [2.24, 2.45) is 5.41 Å². The van der Waals surface area contributed by atoms with Gasteiger partial charge in [0.25, 0.3) is 0 Å². The zero-order chi connectivity index (χ0) is 20.0. The lowest BCUT2D eigenvalue weighted by Crippen LogP contribution is -2.32. The number of hydrogen-bond acceptors (Lipinski definition) is 2. The summed E-state index contributed by atoms with van der Waals surface area (Å²) in [7, 11) is 0. The number of esters is 1. The van der Waals surface area contributed by atoms with Crippen LogP contribution in [-0.2, 0) is 9.53 Å². The zero-order valence-electron chi connectivity index (χ0n) is 17.0. The monoisotopic (exact) mass is 372 g/mol. The minimum Gasteiger partial charge on any atom is -0.425 e. The molecule has 0 aliphatic carbocycles.